The van der Waals surface area contributed by atoms with E-state index in [9.17, 15) is 4.79 Å². The first kappa shape index (κ1) is 8.09. The predicted molar refractivity (Wildman–Crippen MR) is 51.4 cm³/mol. The Labute approximate surface area is 82.8 Å². The third-order valence-corrected chi connectivity index (χ3v) is 3.22. The van der Waals surface area contributed by atoms with Gasteiger partial charge >= 0.3 is 5.97 Å². The van der Waals surface area contributed by atoms with Gasteiger partial charge in [0.1, 0.15) is 6.10 Å². The number of allylic oxidation sites excluding steroid dienone is 2. The number of esters is 1. The average Bonchev–Trinajstić information content (AvgIpc) is 2.59. The summed E-state index contributed by atoms with van der Waals surface area (Å²) in [5.74, 6) is 0.331. The van der Waals surface area contributed by atoms with E-state index >= 15 is 0 Å². The van der Waals surface area contributed by atoms with Crippen LogP contribution in [0.2, 0.25) is 0 Å². The topological polar surface area (TPSA) is 38.3 Å². The van der Waals surface area contributed by atoms with E-state index in [-0.39, 0.29) is 12.1 Å². The highest BCUT2D eigenvalue weighted by atomic mass is 16.6. The zero-order chi connectivity index (χ0) is 9.54. The van der Waals surface area contributed by atoms with Crippen molar-refractivity contribution in [2.75, 3.05) is 6.54 Å². The molecule has 2 aliphatic heterocycles. The van der Waals surface area contributed by atoms with Gasteiger partial charge < -0.3 is 10.1 Å². The van der Waals surface area contributed by atoms with Crippen LogP contribution in [0.1, 0.15) is 19.3 Å². The number of hydrogen-bond donors (Lipinski definition) is 1. The molecule has 0 bridgehead atoms. The first-order valence-electron chi connectivity index (χ1n) is 5.17. The molecule has 3 rings (SSSR count). The molecule has 0 spiro atoms. The van der Waals surface area contributed by atoms with Crippen LogP contribution >= 0.6 is 0 Å². The maximum absolute atomic E-state index is 11.2. The molecular formula is C11H13NO2. The van der Waals surface area contributed by atoms with Crippen LogP contribution in [0.3, 0.4) is 0 Å². The van der Waals surface area contributed by atoms with Crippen molar-refractivity contribution in [2.45, 2.75) is 25.4 Å². The van der Waals surface area contributed by atoms with Crippen LogP contribution in [0.4, 0.5) is 0 Å². The lowest BCUT2D eigenvalue weighted by atomic mass is 9.86. The first-order chi connectivity index (χ1) is 6.84. The normalized spacial score (nSPS) is 34.7. The Morgan fingerprint density at radius 2 is 2.43 bits per heavy atom. The molecule has 2 atom stereocenters. The van der Waals surface area contributed by atoms with E-state index < -0.39 is 0 Å². The molecule has 0 aromatic heterocycles. The van der Waals surface area contributed by atoms with Crippen molar-refractivity contribution in [1.82, 2.24) is 5.32 Å². The first-order valence-corrected chi connectivity index (χ1v) is 5.17. The van der Waals surface area contributed by atoms with E-state index in [0.29, 0.717) is 12.3 Å². The second-order valence-corrected chi connectivity index (χ2v) is 4.14. The molecule has 1 N–H and O–H groups in total. The highest BCUT2D eigenvalue weighted by Gasteiger charge is 2.40. The van der Waals surface area contributed by atoms with E-state index in [1.807, 2.05) is 0 Å². The van der Waals surface area contributed by atoms with Crippen LogP contribution < -0.4 is 5.32 Å². The van der Waals surface area contributed by atoms with Gasteiger partial charge in [-0.05, 0) is 24.5 Å². The molecular weight excluding hydrogens is 178 g/mol. The fraction of sp³-hybridized carbons (Fsp3) is 0.545. The van der Waals surface area contributed by atoms with E-state index in [2.05, 4.69) is 17.5 Å². The van der Waals surface area contributed by atoms with Crippen LogP contribution in [0.25, 0.3) is 0 Å². The fourth-order valence-electron chi connectivity index (χ4n) is 2.53. The van der Waals surface area contributed by atoms with Gasteiger partial charge in [-0.15, -0.1) is 0 Å². The quantitative estimate of drug-likeness (QED) is 0.583. The highest BCUT2D eigenvalue weighted by Crippen LogP contribution is 2.35. The summed E-state index contributed by atoms with van der Waals surface area (Å²) in [4.78, 5) is 11.2. The van der Waals surface area contributed by atoms with Crippen molar-refractivity contribution in [3.63, 3.8) is 0 Å². The third kappa shape index (κ3) is 1.08. The Morgan fingerprint density at radius 3 is 3.36 bits per heavy atom. The molecule has 3 nitrogen and oxygen atoms in total. The van der Waals surface area contributed by atoms with Gasteiger partial charge in [-0.3, -0.25) is 4.79 Å². The molecule has 0 amide bonds. The summed E-state index contributed by atoms with van der Waals surface area (Å²) in [5, 5.41) is 3.37. The van der Waals surface area contributed by atoms with Crippen LogP contribution in [-0.4, -0.2) is 18.6 Å². The lowest BCUT2D eigenvalue weighted by Gasteiger charge is -2.30. The van der Waals surface area contributed by atoms with Gasteiger partial charge in [0.25, 0.3) is 0 Å². The Bertz CT molecular complexity index is 343. The summed E-state index contributed by atoms with van der Waals surface area (Å²) in [6.45, 7) is 0.875. The molecule has 3 heteroatoms. The maximum atomic E-state index is 11.2. The summed E-state index contributed by atoms with van der Waals surface area (Å²) < 4.78 is 5.36. The van der Waals surface area contributed by atoms with E-state index in [0.717, 1.165) is 19.4 Å². The standard InChI is InChI=1S/C11H13NO2/c13-10-5-7-6-12-9-4-2-1-3-8(9)11(7)14-10/h2,4,7,11-12H,1,3,5-6H2/t7-,11?/m1/s1. The second-order valence-electron chi connectivity index (χ2n) is 4.14. The Balaban J connectivity index is 1.96. The minimum Gasteiger partial charge on any atom is -0.457 e. The van der Waals surface area contributed by atoms with Crippen molar-refractivity contribution in [2.24, 2.45) is 5.92 Å². The lowest BCUT2D eigenvalue weighted by molar-refractivity contribution is -0.140. The number of rotatable bonds is 0. The smallest absolute Gasteiger partial charge is 0.306 e. The highest BCUT2D eigenvalue weighted by molar-refractivity contribution is 5.73. The van der Waals surface area contributed by atoms with Crippen molar-refractivity contribution < 1.29 is 9.53 Å². The molecule has 0 saturated carbocycles. The minimum atomic E-state index is -0.0369. The number of hydrogen-bond acceptors (Lipinski definition) is 3. The Hall–Kier alpha value is -1.25. The largest absolute Gasteiger partial charge is 0.457 e. The molecule has 3 aliphatic rings. The van der Waals surface area contributed by atoms with Crippen LogP contribution in [0.5, 0.6) is 0 Å². The van der Waals surface area contributed by atoms with Gasteiger partial charge in [-0.25, -0.2) is 0 Å². The predicted octanol–water partition coefficient (Wildman–Crippen LogP) is 1.13. The summed E-state index contributed by atoms with van der Waals surface area (Å²) in [6, 6.07) is 0. The van der Waals surface area contributed by atoms with Gasteiger partial charge in [0.05, 0.1) is 6.42 Å². The molecule has 14 heavy (non-hydrogen) atoms. The van der Waals surface area contributed by atoms with Crippen LogP contribution in [0, 0.1) is 5.92 Å². The lowest BCUT2D eigenvalue weighted by Crippen LogP contribution is -2.37. The summed E-state index contributed by atoms with van der Waals surface area (Å²) in [7, 11) is 0. The van der Waals surface area contributed by atoms with E-state index in [1.165, 1.54) is 11.3 Å². The van der Waals surface area contributed by atoms with Gasteiger partial charge in [-0.1, -0.05) is 6.08 Å². The Kier molecular flexibility index (Phi) is 1.66. The number of fused-ring (bicyclic) bond motifs is 2. The van der Waals surface area contributed by atoms with Crippen molar-refractivity contribution >= 4 is 5.97 Å². The number of carbonyl (C=O) groups is 1. The second kappa shape index (κ2) is 2.87. The average molecular weight is 191 g/mol. The minimum absolute atomic E-state index is 0.0369. The molecule has 0 aromatic rings. The van der Waals surface area contributed by atoms with Gasteiger partial charge in [0.2, 0.25) is 0 Å². The monoisotopic (exact) mass is 191 g/mol. The number of carbonyl (C=O) groups excluding carboxylic acids is 1. The summed E-state index contributed by atoms with van der Waals surface area (Å²) in [6.07, 6.45) is 7.04. The van der Waals surface area contributed by atoms with Crippen LogP contribution in [-0.2, 0) is 9.53 Å². The van der Waals surface area contributed by atoms with E-state index in [1.54, 1.807) is 0 Å². The molecule has 1 aliphatic carbocycles. The van der Waals surface area contributed by atoms with Crippen LogP contribution in [0.15, 0.2) is 23.4 Å². The zero-order valence-corrected chi connectivity index (χ0v) is 7.95. The van der Waals surface area contributed by atoms with E-state index in [4.69, 9.17) is 4.74 Å². The van der Waals surface area contributed by atoms with Crippen molar-refractivity contribution in [1.29, 1.82) is 0 Å². The molecule has 0 radical (unpaired) electrons. The maximum Gasteiger partial charge on any atom is 0.306 e. The molecule has 2 heterocycles. The third-order valence-electron chi connectivity index (χ3n) is 3.22. The van der Waals surface area contributed by atoms with Crippen molar-refractivity contribution in [3.05, 3.63) is 23.4 Å². The molecule has 1 fully saturated rings. The SMILES string of the molecule is O=C1C[C@@H]2CNC3=C(CCC=C3)C2O1. The molecule has 1 saturated heterocycles. The fourth-order valence-corrected chi connectivity index (χ4v) is 2.53. The summed E-state index contributed by atoms with van der Waals surface area (Å²) in [5.41, 5.74) is 2.49. The number of nitrogens with one attached hydrogen (secondary N) is 1. The molecule has 0 aromatic carbocycles. The molecule has 1 unspecified atom stereocenters. The zero-order valence-electron chi connectivity index (χ0n) is 7.95. The van der Waals surface area contributed by atoms with Crippen molar-refractivity contribution in [3.8, 4) is 0 Å². The van der Waals surface area contributed by atoms with Gasteiger partial charge in [0.15, 0.2) is 0 Å². The number of ether oxygens (including phenoxy) is 1. The van der Waals surface area contributed by atoms with Gasteiger partial charge in [0, 0.05) is 18.2 Å². The summed E-state index contributed by atoms with van der Waals surface area (Å²) >= 11 is 0. The van der Waals surface area contributed by atoms with Gasteiger partial charge in [-0.2, -0.15) is 0 Å². The Morgan fingerprint density at radius 1 is 1.50 bits per heavy atom. The molecule has 74 valence electrons.